The quantitative estimate of drug-likeness (QED) is 0.692. The van der Waals surface area contributed by atoms with Crippen molar-refractivity contribution < 1.29 is 27.5 Å². The minimum Gasteiger partial charge on any atom is -0.480 e. The van der Waals surface area contributed by atoms with Gasteiger partial charge in [-0.25, -0.2) is 17.6 Å². The summed E-state index contributed by atoms with van der Waals surface area (Å²) in [5, 5.41) is 10.4. The molecule has 1 rings (SSSR count). The summed E-state index contributed by atoms with van der Waals surface area (Å²) in [6.45, 7) is 5.00. The van der Waals surface area contributed by atoms with E-state index in [2.05, 4.69) is 5.32 Å². The lowest BCUT2D eigenvalue weighted by molar-refractivity contribution is -0.142. The Morgan fingerprint density at radius 2 is 1.71 bits per heavy atom. The van der Waals surface area contributed by atoms with Gasteiger partial charge in [0.25, 0.3) is 0 Å². The molecule has 0 aliphatic rings. The van der Waals surface area contributed by atoms with E-state index in [-0.39, 0.29) is 23.7 Å². The summed E-state index contributed by atoms with van der Waals surface area (Å²) in [6.07, 6.45) is -0.123. The number of halogens is 1. The molecule has 0 fully saturated rings. The summed E-state index contributed by atoms with van der Waals surface area (Å²) in [6, 6.07) is 3.28. The first kappa shape index (κ1) is 20.1. The molecular formula is C16H22FNO5S. The van der Waals surface area contributed by atoms with Gasteiger partial charge in [0, 0.05) is 6.42 Å². The SMILES string of the molecule is CC(C)CC(NC(=O)CC(C)S(=O)(=O)c1ccc(F)cc1)C(=O)O. The zero-order valence-corrected chi connectivity index (χ0v) is 14.6. The summed E-state index contributed by atoms with van der Waals surface area (Å²) in [4.78, 5) is 23.0. The maximum absolute atomic E-state index is 12.9. The molecule has 0 heterocycles. The van der Waals surface area contributed by atoms with Crippen molar-refractivity contribution in [1.82, 2.24) is 5.32 Å². The lowest BCUT2D eigenvalue weighted by Gasteiger charge is -2.18. The van der Waals surface area contributed by atoms with Gasteiger partial charge in [0.05, 0.1) is 10.1 Å². The van der Waals surface area contributed by atoms with E-state index in [1.807, 2.05) is 13.8 Å². The molecule has 2 N–H and O–H groups in total. The highest BCUT2D eigenvalue weighted by atomic mass is 32.2. The van der Waals surface area contributed by atoms with Crippen LogP contribution in [-0.2, 0) is 19.4 Å². The molecule has 24 heavy (non-hydrogen) atoms. The molecule has 0 aliphatic carbocycles. The zero-order valence-electron chi connectivity index (χ0n) is 13.8. The van der Waals surface area contributed by atoms with Gasteiger partial charge in [-0.15, -0.1) is 0 Å². The monoisotopic (exact) mass is 359 g/mol. The van der Waals surface area contributed by atoms with Crippen LogP contribution in [-0.4, -0.2) is 36.7 Å². The fraction of sp³-hybridized carbons (Fsp3) is 0.500. The highest BCUT2D eigenvalue weighted by Gasteiger charge is 2.28. The van der Waals surface area contributed by atoms with Crippen LogP contribution in [0.25, 0.3) is 0 Å². The molecule has 0 aromatic heterocycles. The van der Waals surface area contributed by atoms with E-state index in [4.69, 9.17) is 5.11 Å². The van der Waals surface area contributed by atoms with E-state index in [9.17, 15) is 22.4 Å². The van der Waals surface area contributed by atoms with Gasteiger partial charge in [-0.2, -0.15) is 0 Å². The molecule has 0 saturated heterocycles. The molecule has 134 valence electrons. The minimum atomic E-state index is -3.80. The molecule has 0 bridgehead atoms. The lowest BCUT2D eigenvalue weighted by atomic mass is 10.0. The number of carbonyl (C=O) groups excluding carboxylic acids is 1. The number of carboxylic acid groups (broad SMARTS) is 1. The van der Waals surface area contributed by atoms with E-state index >= 15 is 0 Å². The van der Waals surface area contributed by atoms with E-state index in [0.717, 1.165) is 24.3 Å². The Labute approximate surface area is 141 Å². The van der Waals surface area contributed by atoms with Crippen LogP contribution in [0.1, 0.15) is 33.6 Å². The van der Waals surface area contributed by atoms with Crippen LogP contribution in [0, 0.1) is 11.7 Å². The van der Waals surface area contributed by atoms with Crippen molar-refractivity contribution >= 4 is 21.7 Å². The third-order valence-electron chi connectivity index (χ3n) is 3.49. The molecule has 1 aromatic carbocycles. The predicted molar refractivity (Wildman–Crippen MR) is 86.7 cm³/mol. The van der Waals surface area contributed by atoms with Crippen LogP contribution in [0.3, 0.4) is 0 Å². The third-order valence-corrected chi connectivity index (χ3v) is 5.64. The fourth-order valence-corrected chi connectivity index (χ4v) is 3.52. The van der Waals surface area contributed by atoms with Gasteiger partial charge >= 0.3 is 5.97 Å². The van der Waals surface area contributed by atoms with Crippen LogP contribution in [0.4, 0.5) is 4.39 Å². The van der Waals surface area contributed by atoms with Gasteiger partial charge in [0.1, 0.15) is 11.9 Å². The molecule has 6 nitrogen and oxygen atoms in total. The van der Waals surface area contributed by atoms with Crippen LogP contribution >= 0.6 is 0 Å². The lowest BCUT2D eigenvalue weighted by Crippen LogP contribution is -2.43. The average molecular weight is 359 g/mol. The minimum absolute atomic E-state index is 0.0618. The maximum Gasteiger partial charge on any atom is 0.326 e. The summed E-state index contributed by atoms with van der Waals surface area (Å²) in [7, 11) is -3.80. The van der Waals surface area contributed by atoms with Crippen LogP contribution in [0.2, 0.25) is 0 Å². The highest BCUT2D eigenvalue weighted by Crippen LogP contribution is 2.19. The van der Waals surface area contributed by atoms with E-state index in [1.165, 1.54) is 6.92 Å². The predicted octanol–water partition coefficient (Wildman–Crippen LogP) is 1.99. The molecule has 0 aliphatic heterocycles. The number of benzene rings is 1. The van der Waals surface area contributed by atoms with Gasteiger partial charge in [-0.1, -0.05) is 13.8 Å². The Hall–Kier alpha value is -1.96. The normalized spacial score (nSPS) is 14.2. The van der Waals surface area contributed by atoms with Crippen molar-refractivity contribution in [3.8, 4) is 0 Å². The Balaban J connectivity index is 2.78. The van der Waals surface area contributed by atoms with Crippen molar-refractivity contribution in [3.05, 3.63) is 30.1 Å². The molecule has 2 atom stereocenters. The van der Waals surface area contributed by atoms with E-state index in [1.54, 1.807) is 0 Å². The number of hydrogen-bond donors (Lipinski definition) is 2. The van der Waals surface area contributed by atoms with Crippen LogP contribution in [0.5, 0.6) is 0 Å². The Morgan fingerprint density at radius 1 is 1.17 bits per heavy atom. The summed E-state index contributed by atoms with van der Waals surface area (Å²) >= 11 is 0. The second-order valence-corrected chi connectivity index (χ2v) is 8.47. The van der Waals surface area contributed by atoms with Crippen LogP contribution < -0.4 is 5.32 Å². The van der Waals surface area contributed by atoms with Gasteiger partial charge in [0.2, 0.25) is 5.91 Å². The smallest absolute Gasteiger partial charge is 0.326 e. The molecule has 8 heteroatoms. The van der Waals surface area contributed by atoms with Crippen molar-refractivity contribution in [2.24, 2.45) is 5.92 Å². The number of carboxylic acids is 1. The van der Waals surface area contributed by atoms with Gasteiger partial charge in [-0.05, 0) is 43.5 Å². The Kier molecular flexibility index (Phi) is 6.89. The van der Waals surface area contributed by atoms with Gasteiger partial charge in [-0.3, -0.25) is 4.79 Å². The van der Waals surface area contributed by atoms with E-state index < -0.39 is 38.8 Å². The van der Waals surface area contributed by atoms with Crippen LogP contribution in [0.15, 0.2) is 29.2 Å². The van der Waals surface area contributed by atoms with E-state index in [0.29, 0.717) is 0 Å². The number of nitrogens with one attached hydrogen (secondary N) is 1. The molecule has 0 radical (unpaired) electrons. The zero-order chi connectivity index (χ0) is 18.5. The molecule has 0 saturated carbocycles. The number of rotatable bonds is 8. The molecule has 1 aromatic rings. The number of amides is 1. The number of carbonyl (C=O) groups is 2. The van der Waals surface area contributed by atoms with Gasteiger partial charge in [0.15, 0.2) is 9.84 Å². The second kappa shape index (κ2) is 8.23. The first-order valence-corrected chi connectivity index (χ1v) is 9.10. The average Bonchev–Trinajstić information content (AvgIpc) is 2.46. The number of sulfone groups is 1. The molecule has 0 spiro atoms. The highest BCUT2D eigenvalue weighted by molar-refractivity contribution is 7.92. The first-order chi connectivity index (χ1) is 11.0. The Morgan fingerprint density at radius 3 is 2.17 bits per heavy atom. The van der Waals surface area contributed by atoms with Gasteiger partial charge < -0.3 is 10.4 Å². The first-order valence-electron chi connectivity index (χ1n) is 7.55. The fourth-order valence-electron chi connectivity index (χ4n) is 2.17. The molecular weight excluding hydrogens is 337 g/mol. The maximum atomic E-state index is 12.9. The third kappa shape index (κ3) is 5.59. The molecule has 1 amide bonds. The molecule has 2 unspecified atom stereocenters. The largest absolute Gasteiger partial charge is 0.480 e. The van der Waals surface area contributed by atoms with Crippen molar-refractivity contribution in [1.29, 1.82) is 0 Å². The van der Waals surface area contributed by atoms with Crippen molar-refractivity contribution in [3.63, 3.8) is 0 Å². The standard InChI is InChI=1S/C16H22FNO5S/c1-10(2)8-14(16(20)21)18-15(19)9-11(3)24(22,23)13-6-4-12(17)5-7-13/h4-7,10-11,14H,8-9H2,1-3H3,(H,18,19)(H,20,21). The Bertz CT molecular complexity index is 685. The number of aliphatic carboxylic acids is 1. The second-order valence-electron chi connectivity index (χ2n) is 6.10. The van der Waals surface area contributed by atoms with Crippen molar-refractivity contribution in [2.45, 2.75) is 49.8 Å². The number of hydrogen-bond acceptors (Lipinski definition) is 4. The summed E-state index contributed by atoms with van der Waals surface area (Å²) in [5.41, 5.74) is 0. The summed E-state index contributed by atoms with van der Waals surface area (Å²) in [5.74, 6) is -2.31. The van der Waals surface area contributed by atoms with Crippen molar-refractivity contribution in [2.75, 3.05) is 0 Å². The topological polar surface area (TPSA) is 101 Å². The summed E-state index contributed by atoms with van der Waals surface area (Å²) < 4.78 is 37.6.